The summed E-state index contributed by atoms with van der Waals surface area (Å²) in [6, 6.07) is 6.57. The first-order valence-corrected chi connectivity index (χ1v) is 21.9. The van der Waals surface area contributed by atoms with Gasteiger partial charge in [0.2, 0.25) is 0 Å². The third-order valence-electron chi connectivity index (χ3n) is 13.0. The van der Waals surface area contributed by atoms with Crippen molar-refractivity contribution in [3.63, 3.8) is 0 Å². The van der Waals surface area contributed by atoms with E-state index in [1.54, 1.807) is 55.6 Å². The van der Waals surface area contributed by atoms with Crippen molar-refractivity contribution in [3.05, 3.63) is 70.8 Å². The van der Waals surface area contributed by atoms with Crippen LogP contribution in [0.1, 0.15) is 98.3 Å². The van der Waals surface area contributed by atoms with Gasteiger partial charge in [0.15, 0.2) is 6.29 Å². The zero-order chi connectivity index (χ0) is 48.9. The first kappa shape index (κ1) is 53.7. The number of methoxy groups -OCH3 is 1. The highest BCUT2D eigenvalue weighted by Crippen LogP contribution is 2.40. The van der Waals surface area contributed by atoms with Crippen LogP contribution in [0.4, 0.5) is 22.0 Å². The molecule has 2 aliphatic rings. The van der Waals surface area contributed by atoms with Gasteiger partial charge in [-0.2, -0.15) is 23.4 Å². The summed E-state index contributed by atoms with van der Waals surface area (Å²) in [5.74, 6) is -7.71. The van der Waals surface area contributed by atoms with Gasteiger partial charge in [0.25, 0.3) is 0 Å². The standard InChI is InChI=1S/C47H66F5N3O10/c1-13-36-46(9,60)41(58)26(4)38(54-53-29(7)31-14-16-32(17-15-31)47(50,51)52)24(2)23-45(8,61-12)42(65-44-39(57)35(55(10)11)18-25(3)62-44)27(5)40(28(6)43(59)63-36)64-37(56)21-30-19-33(48)22-34(49)20-30/h14-17,19-20,22,24-28,35-36,39-42,44,57-58,60H,13,18,21,23H2,1-12H3. The van der Waals surface area contributed by atoms with E-state index in [1.807, 2.05) is 11.8 Å². The summed E-state index contributed by atoms with van der Waals surface area (Å²) in [7, 11) is 5.03. The molecule has 0 bridgehead atoms. The smallest absolute Gasteiger partial charge is 0.416 e. The molecule has 0 radical (unpaired) electrons. The molecule has 4 rings (SSSR count). The van der Waals surface area contributed by atoms with E-state index in [0.717, 1.165) is 24.3 Å². The van der Waals surface area contributed by atoms with Gasteiger partial charge in [-0.1, -0.05) is 39.8 Å². The molecule has 2 saturated heterocycles. The Kier molecular flexibility index (Phi) is 18.0. The van der Waals surface area contributed by atoms with Crippen molar-refractivity contribution >= 4 is 23.4 Å². The Morgan fingerprint density at radius 1 is 0.985 bits per heavy atom. The third-order valence-corrected chi connectivity index (χ3v) is 13.0. The van der Waals surface area contributed by atoms with Crippen LogP contribution in [0.25, 0.3) is 0 Å². The fourth-order valence-corrected chi connectivity index (χ4v) is 9.15. The largest absolute Gasteiger partial charge is 0.461 e. The maximum Gasteiger partial charge on any atom is 0.416 e. The van der Waals surface area contributed by atoms with E-state index in [-0.39, 0.29) is 29.8 Å². The van der Waals surface area contributed by atoms with E-state index in [0.29, 0.717) is 18.1 Å². The molecule has 364 valence electrons. The molecule has 0 spiro atoms. The second kappa shape index (κ2) is 21.8. The minimum atomic E-state index is -4.55. The average molecular weight is 928 g/mol. The maximum absolute atomic E-state index is 14.3. The molecule has 2 aromatic carbocycles. The summed E-state index contributed by atoms with van der Waals surface area (Å²) in [6.07, 6.45) is -13.1. The SMILES string of the molecule is CCC1OC(=O)C(C)C(OC(=O)Cc2cc(F)cc(F)c2)C(C)C(OC2OC(C)CC(N(C)C)C2O)C(C)(OC)CC(C)C(=NN=C(C)c2ccc(C(F)(F)F)cc2)C(C)C(O)C1(C)O. The number of likely N-dealkylation sites (N-methyl/N-ethyl adjacent to an activating group) is 1. The van der Waals surface area contributed by atoms with E-state index in [2.05, 4.69) is 10.2 Å². The highest BCUT2D eigenvalue weighted by atomic mass is 19.4. The Hall–Kier alpha value is -3.91. The van der Waals surface area contributed by atoms with Crippen molar-refractivity contribution in [3.8, 4) is 0 Å². The van der Waals surface area contributed by atoms with Crippen LogP contribution in [0.3, 0.4) is 0 Å². The van der Waals surface area contributed by atoms with Crippen LogP contribution in [-0.4, -0.2) is 125 Å². The second-order valence-corrected chi connectivity index (χ2v) is 18.4. The molecule has 13 nitrogen and oxygen atoms in total. The summed E-state index contributed by atoms with van der Waals surface area (Å²) >= 11 is 0. The summed E-state index contributed by atoms with van der Waals surface area (Å²) < 4.78 is 99.9. The Morgan fingerprint density at radius 3 is 2.12 bits per heavy atom. The number of alkyl halides is 3. The number of ether oxygens (including phenoxy) is 5. The number of cyclic esters (lactones) is 1. The number of aliphatic hydroxyl groups is 3. The second-order valence-electron chi connectivity index (χ2n) is 18.4. The molecule has 0 amide bonds. The molecule has 2 aromatic rings. The zero-order valence-corrected chi connectivity index (χ0v) is 39.2. The highest BCUT2D eigenvalue weighted by molar-refractivity contribution is 5.99. The van der Waals surface area contributed by atoms with Gasteiger partial charge in [0, 0.05) is 36.8 Å². The molecular formula is C47H66F5N3O10. The molecule has 14 unspecified atom stereocenters. The number of carbonyl (C=O) groups is 2. The Labute approximate surface area is 378 Å². The third kappa shape index (κ3) is 13.0. The van der Waals surface area contributed by atoms with Crippen molar-refractivity contribution in [2.45, 2.75) is 154 Å². The fourth-order valence-electron chi connectivity index (χ4n) is 9.15. The predicted octanol–water partition coefficient (Wildman–Crippen LogP) is 6.90. The van der Waals surface area contributed by atoms with Gasteiger partial charge >= 0.3 is 18.1 Å². The van der Waals surface area contributed by atoms with Crippen molar-refractivity contribution in [1.29, 1.82) is 0 Å². The monoisotopic (exact) mass is 927 g/mol. The number of halogens is 5. The van der Waals surface area contributed by atoms with E-state index < -0.39 is 126 Å². The van der Waals surface area contributed by atoms with Crippen LogP contribution in [0.15, 0.2) is 52.7 Å². The molecule has 0 saturated carbocycles. The summed E-state index contributed by atoms with van der Waals surface area (Å²) in [6.45, 7) is 14.5. The molecular weight excluding hydrogens is 862 g/mol. The van der Waals surface area contributed by atoms with Crippen molar-refractivity contribution < 1.29 is 70.5 Å². The van der Waals surface area contributed by atoms with Crippen LogP contribution in [0.5, 0.6) is 0 Å². The molecule has 18 heteroatoms. The fraction of sp³-hybridized carbons (Fsp3) is 0.660. The lowest BCUT2D eigenvalue weighted by Crippen LogP contribution is -2.60. The van der Waals surface area contributed by atoms with Gasteiger partial charge in [-0.15, -0.1) is 0 Å². The molecule has 14 atom stereocenters. The number of hydrogen-bond acceptors (Lipinski definition) is 13. The Balaban J connectivity index is 1.93. The summed E-state index contributed by atoms with van der Waals surface area (Å²) in [5.41, 5.74) is -3.64. The van der Waals surface area contributed by atoms with Crippen LogP contribution in [0, 0.1) is 35.3 Å². The van der Waals surface area contributed by atoms with E-state index >= 15 is 0 Å². The lowest BCUT2D eigenvalue weighted by atomic mass is 9.73. The number of aliphatic hydroxyl groups excluding tert-OH is 2. The minimum Gasteiger partial charge on any atom is -0.461 e. The number of rotatable bonds is 10. The van der Waals surface area contributed by atoms with E-state index in [4.69, 9.17) is 23.7 Å². The number of nitrogens with zero attached hydrogens (tertiary/aromatic N) is 3. The molecule has 65 heavy (non-hydrogen) atoms. The maximum atomic E-state index is 14.3. The number of esters is 2. The number of benzene rings is 2. The summed E-state index contributed by atoms with van der Waals surface area (Å²) in [4.78, 5) is 29.9. The molecule has 0 aromatic heterocycles. The number of hydrogen-bond donors (Lipinski definition) is 3. The molecule has 2 heterocycles. The lowest BCUT2D eigenvalue weighted by Gasteiger charge is -2.48. The van der Waals surface area contributed by atoms with Gasteiger partial charge < -0.3 is 43.9 Å². The van der Waals surface area contributed by atoms with Crippen LogP contribution < -0.4 is 0 Å². The van der Waals surface area contributed by atoms with Crippen molar-refractivity contribution in [2.24, 2.45) is 33.9 Å². The topological polar surface area (TPSA) is 169 Å². The van der Waals surface area contributed by atoms with Crippen molar-refractivity contribution in [2.75, 3.05) is 21.2 Å². The molecule has 0 aliphatic carbocycles. The highest BCUT2D eigenvalue weighted by Gasteiger charge is 2.52. The van der Waals surface area contributed by atoms with Crippen molar-refractivity contribution in [1.82, 2.24) is 4.90 Å². The van der Waals surface area contributed by atoms with Gasteiger partial charge in [-0.3, -0.25) is 9.59 Å². The van der Waals surface area contributed by atoms with Gasteiger partial charge in [-0.05, 0) is 109 Å². The molecule has 2 aliphatic heterocycles. The minimum absolute atomic E-state index is 0.0140. The predicted molar refractivity (Wildman–Crippen MR) is 232 cm³/mol. The van der Waals surface area contributed by atoms with E-state index in [1.165, 1.54) is 33.1 Å². The van der Waals surface area contributed by atoms with Crippen LogP contribution >= 0.6 is 0 Å². The summed E-state index contributed by atoms with van der Waals surface area (Å²) in [5, 5.41) is 44.8. The van der Waals surface area contributed by atoms with E-state index in [9.17, 15) is 46.9 Å². The normalized spacial score (nSPS) is 35.4. The Morgan fingerprint density at radius 2 is 1.58 bits per heavy atom. The van der Waals surface area contributed by atoms with Crippen LogP contribution in [0.2, 0.25) is 0 Å². The molecule has 2 fully saturated rings. The first-order valence-electron chi connectivity index (χ1n) is 21.9. The quantitative estimate of drug-likeness (QED) is 0.0982. The van der Waals surface area contributed by atoms with Crippen LogP contribution in [-0.2, 0) is 45.9 Å². The van der Waals surface area contributed by atoms with Gasteiger partial charge in [0.1, 0.15) is 35.5 Å². The zero-order valence-electron chi connectivity index (χ0n) is 39.2. The first-order chi connectivity index (χ1) is 30.1. The Bertz CT molecular complexity index is 1980. The van der Waals surface area contributed by atoms with Gasteiger partial charge in [-0.25, -0.2) is 8.78 Å². The lowest BCUT2D eigenvalue weighted by molar-refractivity contribution is -0.301. The average Bonchev–Trinajstić information content (AvgIpc) is 3.22. The number of carbonyl (C=O) groups excluding carboxylic acids is 2. The molecule has 3 N–H and O–H groups in total. The van der Waals surface area contributed by atoms with Gasteiger partial charge in [0.05, 0.1) is 47.5 Å².